The van der Waals surface area contributed by atoms with Gasteiger partial charge < -0.3 is 15.8 Å². The van der Waals surface area contributed by atoms with Crippen molar-refractivity contribution in [1.29, 1.82) is 0 Å². The molecule has 0 aliphatic heterocycles. The molecule has 126 valence electrons. The van der Waals surface area contributed by atoms with Crippen molar-refractivity contribution < 1.29 is 13.2 Å². The molecule has 1 rings (SSSR count). The van der Waals surface area contributed by atoms with Gasteiger partial charge in [0, 0.05) is 11.8 Å². The summed E-state index contributed by atoms with van der Waals surface area (Å²) in [7, 11) is -1.50. The van der Waals surface area contributed by atoms with E-state index < -0.39 is 15.4 Å². The van der Waals surface area contributed by atoms with Crippen LogP contribution in [0.5, 0.6) is 5.75 Å². The lowest BCUT2D eigenvalue weighted by Crippen LogP contribution is -2.37. The summed E-state index contributed by atoms with van der Waals surface area (Å²) in [5, 5.41) is 3.30. The molecule has 0 amide bonds. The number of nitrogen functional groups attached to an aromatic ring is 1. The topological polar surface area (TPSA) is 107 Å². The second kappa shape index (κ2) is 7.62. The van der Waals surface area contributed by atoms with Gasteiger partial charge in [0.05, 0.1) is 19.1 Å². The van der Waals surface area contributed by atoms with Gasteiger partial charge in [-0.2, -0.15) is 4.98 Å². The largest absolute Gasteiger partial charge is 0.491 e. The fourth-order valence-electron chi connectivity index (χ4n) is 2.14. The predicted molar refractivity (Wildman–Crippen MR) is 88.9 cm³/mol. The molecule has 0 aromatic carbocycles. The Hall–Kier alpha value is -1.57. The van der Waals surface area contributed by atoms with E-state index in [0.29, 0.717) is 18.0 Å². The van der Waals surface area contributed by atoms with Gasteiger partial charge in [-0.3, -0.25) is 0 Å². The number of nitrogens with two attached hydrogens (primary N) is 1. The van der Waals surface area contributed by atoms with Crippen molar-refractivity contribution in [2.24, 2.45) is 0 Å². The molecule has 0 bridgehead atoms. The Labute approximate surface area is 132 Å². The normalized spacial score (nSPS) is 14.4. The Bertz CT molecular complexity index is 592. The van der Waals surface area contributed by atoms with Crippen molar-refractivity contribution in [3.05, 3.63) is 6.20 Å². The second-order valence-corrected chi connectivity index (χ2v) is 8.07. The first-order valence-electron chi connectivity index (χ1n) is 7.31. The smallest absolute Gasteiger partial charge is 0.222 e. The quantitative estimate of drug-likeness (QED) is 0.711. The van der Waals surface area contributed by atoms with Crippen molar-refractivity contribution in [1.82, 2.24) is 9.97 Å². The standard InChI is InChI=1S/C14H26N4O3S/c1-5-6-7-14(2,8-9-22(4,19)20)18-12-11(21-3)10-16-13(15)17-12/h10H,5-9H2,1-4H3,(H3,15,16,17,18). The minimum Gasteiger partial charge on any atom is -0.491 e. The number of hydrogen-bond donors (Lipinski definition) is 2. The predicted octanol–water partition coefficient (Wildman–Crippen LogP) is 1.86. The van der Waals surface area contributed by atoms with Crippen molar-refractivity contribution in [3.63, 3.8) is 0 Å². The molecule has 1 unspecified atom stereocenters. The highest BCUT2D eigenvalue weighted by Crippen LogP contribution is 2.29. The van der Waals surface area contributed by atoms with E-state index in [9.17, 15) is 8.42 Å². The molecule has 0 radical (unpaired) electrons. The van der Waals surface area contributed by atoms with Crippen LogP contribution in [-0.2, 0) is 9.84 Å². The van der Waals surface area contributed by atoms with Gasteiger partial charge in [0.2, 0.25) is 5.95 Å². The summed E-state index contributed by atoms with van der Waals surface area (Å²) in [4.78, 5) is 8.06. The minimum absolute atomic E-state index is 0.114. The maximum atomic E-state index is 11.5. The highest BCUT2D eigenvalue weighted by Gasteiger charge is 2.27. The molecular weight excluding hydrogens is 304 g/mol. The van der Waals surface area contributed by atoms with E-state index in [0.717, 1.165) is 19.3 Å². The molecule has 0 saturated heterocycles. The summed E-state index contributed by atoms with van der Waals surface area (Å²) in [6, 6.07) is 0. The van der Waals surface area contributed by atoms with Gasteiger partial charge in [0.15, 0.2) is 11.6 Å². The van der Waals surface area contributed by atoms with Gasteiger partial charge >= 0.3 is 0 Å². The third kappa shape index (κ3) is 6.05. The SMILES string of the molecule is CCCCC(C)(CCS(C)(=O)=O)Nc1nc(N)ncc1OC. The van der Waals surface area contributed by atoms with Crippen LogP contribution in [0, 0.1) is 0 Å². The van der Waals surface area contributed by atoms with Crippen LogP contribution in [0.25, 0.3) is 0 Å². The van der Waals surface area contributed by atoms with Gasteiger partial charge in [-0.25, -0.2) is 13.4 Å². The van der Waals surface area contributed by atoms with Crippen LogP contribution < -0.4 is 15.8 Å². The van der Waals surface area contributed by atoms with Crippen LogP contribution >= 0.6 is 0 Å². The fourth-order valence-corrected chi connectivity index (χ4v) is 2.96. The molecule has 0 saturated carbocycles. The van der Waals surface area contributed by atoms with Crippen LogP contribution in [0.15, 0.2) is 6.20 Å². The minimum atomic E-state index is -3.03. The van der Waals surface area contributed by atoms with Crippen LogP contribution in [0.3, 0.4) is 0 Å². The Balaban J connectivity index is 2.99. The summed E-state index contributed by atoms with van der Waals surface area (Å²) in [6.07, 6.45) is 6.07. The molecule has 22 heavy (non-hydrogen) atoms. The van der Waals surface area contributed by atoms with Crippen molar-refractivity contribution in [2.45, 2.75) is 45.1 Å². The molecule has 1 aromatic rings. The Morgan fingerprint density at radius 2 is 2.09 bits per heavy atom. The summed E-state index contributed by atoms with van der Waals surface area (Å²) in [5.74, 6) is 1.23. The molecule has 0 aliphatic carbocycles. The first-order chi connectivity index (χ1) is 10.2. The van der Waals surface area contributed by atoms with Crippen molar-refractivity contribution >= 4 is 21.6 Å². The van der Waals surface area contributed by atoms with Gasteiger partial charge in [0.1, 0.15) is 9.84 Å². The number of nitrogens with one attached hydrogen (secondary N) is 1. The monoisotopic (exact) mass is 330 g/mol. The summed E-state index contributed by atoms with van der Waals surface area (Å²) in [5.41, 5.74) is 5.22. The van der Waals surface area contributed by atoms with Crippen LogP contribution in [0.2, 0.25) is 0 Å². The van der Waals surface area contributed by atoms with E-state index in [2.05, 4.69) is 22.2 Å². The fraction of sp³-hybridized carbons (Fsp3) is 0.714. The summed E-state index contributed by atoms with van der Waals surface area (Å²) < 4.78 is 28.2. The lowest BCUT2D eigenvalue weighted by atomic mass is 9.92. The van der Waals surface area contributed by atoms with E-state index >= 15 is 0 Å². The number of anilines is 2. The van der Waals surface area contributed by atoms with Gasteiger partial charge in [-0.15, -0.1) is 0 Å². The number of unbranched alkanes of at least 4 members (excludes halogenated alkanes) is 1. The van der Waals surface area contributed by atoms with E-state index in [-0.39, 0.29) is 11.7 Å². The number of rotatable bonds is 9. The third-order valence-corrected chi connectivity index (χ3v) is 4.47. The van der Waals surface area contributed by atoms with Crippen molar-refractivity contribution in [2.75, 3.05) is 30.2 Å². The van der Waals surface area contributed by atoms with E-state index in [1.807, 2.05) is 6.92 Å². The Morgan fingerprint density at radius 3 is 2.64 bits per heavy atom. The molecule has 0 spiro atoms. The Kier molecular flexibility index (Phi) is 6.40. The Morgan fingerprint density at radius 1 is 1.41 bits per heavy atom. The van der Waals surface area contributed by atoms with E-state index in [4.69, 9.17) is 10.5 Å². The van der Waals surface area contributed by atoms with E-state index in [1.165, 1.54) is 19.6 Å². The number of nitrogens with zero attached hydrogens (tertiary/aromatic N) is 2. The highest BCUT2D eigenvalue weighted by atomic mass is 32.2. The number of methoxy groups -OCH3 is 1. The second-order valence-electron chi connectivity index (χ2n) is 5.81. The number of ether oxygens (including phenoxy) is 1. The summed E-state index contributed by atoms with van der Waals surface area (Å²) in [6.45, 7) is 4.09. The molecule has 8 heteroatoms. The number of aromatic nitrogens is 2. The molecular formula is C14H26N4O3S. The zero-order valence-corrected chi connectivity index (χ0v) is 14.5. The zero-order chi connectivity index (χ0) is 16.8. The van der Waals surface area contributed by atoms with Crippen LogP contribution in [0.1, 0.15) is 39.5 Å². The summed E-state index contributed by atoms with van der Waals surface area (Å²) >= 11 is 0. The average Bonchev–Trinajstić information content (AvgIpc) is 2.43. The molecule has 1 atom stereocenters. The first kappa shape index (κ1) is 18.5. The highest BCUT2D eigenvalue weighted by molar-refractivity contribution is 7.90. The van der Waals surface area contributed by atoms with Gasteiger partial charge in [0.25, 0.3) is 0 Å². The zero-order valence-electron chi connectivity index (χ0n) is 13.7. The van der Waals surface area contributed by atoms with Gasteiger partial charge in [-0.1, -0.05) is 19.8 Å². The van der Waals surface area contributed by atoms with Gasteiger partial charge in [-0.05, 0) is 19.8 Å². The molecule has 0 fully saturated rings. The molecule has 7 nitrogen and oxygen atoms in total. The maximum absolute atomic E-state index is 11.5. The van der Waals surface area contributed by atoms with Crippen LogP contribution in [0.4, 0.5) is 11.8 Å². The number of sulfone groups is 1. The number of hydrogen-bond acceptors (Lipinski definition) is 7. The first-order valence-corrected chi connectivity index (χ1v) is 9.37. The average molecular weight is 330 g/mol. The van der Waals surface area contributed by atoms with E-state index in [1.54, 1.807) is 0 Å². The molecule has 1 heterocycles. The maximum Gasteiger partial charge on any atom is 0.222 e. The molecule has 3 N–H and O–H groups in total. The lowest BCUT2D eigenvalue weighted by molar-refractivity contribution is 0.402. The third-order valence-electron chi connectivity index (χ3n) is 3.52. The van der Waals surface area contributed by atoms with Crippen LogP contribution in [-0.4, -0.2) is 43.0 Å². The lowest BCUT2D eigenvalue weighted by Gasteiger charge is -2.32. The molecule has 0 aliphatic rings. The van der Waals surface area contributed by atoms with Crippen molar-refractivity contribution in [3.8, 4) is 5.75 Å². The molecule has 1 aromatic heterocycles.